The number of aliphatic hydroxyl groups is 1. The third-order valence-electron chi connectivity index (χ3n) is 3.77. The van der Waals surface area contributed by atoms with E-state index >= 15 is 0 Å². The molecule has 0 saturated heterocycles. The van der Waals surface area contributed by atoms with Gasteiger partial charge in [0.25, 0.3) is 0 Å². The van der Waals surface area contributed by atoms with E-state index in [4.69, 9.17) is 0 Å². The molecule has 0 aliphatic carbocycles. The van der Waals surface area contributed by atoms with Crippen LogP contribution in [-0.4, -0.2) is 10.1 Å². The molecule has 118 valence electrons. The second-order valence-corrected chi connectivity index (χ2v) is 5.71. The number of benzene rings is 1. The fourth-order valence-corrected chi connectivity index (χ4v) is 2.43. The van der Waals surface area contributed by atoms with Gasteiger partial charge in [0.15, 0.2) is 0 Å². The van der Waals surface area contributed by atoms with E-state index < -0.39 is 5.60 Å². The Morgan fingerprint density at radius 2 is 1.96 bits per heavy atom. The first-order valence-electron chi connectivity index (χ1n) is 7.75. The summed E-state index contributed by atoms with van der Waals surface area (Å²) in [5.41, 5.74) is 2.86. The molecule has 23 heavy (non-hydrogen) atoms. The Morgan fingerprint density at radius 3 is 2.52 bits per heavy atom. The molecule has 1 atom stereocenters. The lowest BCUT2D eigenvalue weighted by Gasteiger charge is -2.23. The van der Waals surface area contributed by atoms with Gasteiger partial charge in [0.1, 0.15) is 0 Å². The summed E-state index contributed by atoms with van der Waals surface area (Å²) in [7, 11) is 0. The summed E-state index contributed by atoms with van der Waals surface area (Å²) in [5.74, 6) is 0. The van der Waals surface area contributed by atoms with Gasteiger partial charge in [-0.25, -0.2) is 0 Å². The Kier molecular flexibility index (Phi) is 5.67. The van der Waals surface area contributed by atoms with Crippen LogP contribution in [0.1, 0.15) is 30.7 Å². The second kappa shape index (κ2) is 7.70. The van der Waals surface area contributed by atoms with Crippen molar-refractivity contribution in [2.45, 2.75) is 25.9 Å². The SMILES string of the molecule is C=C/C(=C\C=C/C)c1ccc(CC(C)(O)c2ccccc2)nc1. The molecule has 2 rings (SSSR count). The molecule has 1 heterocycles. The maximum Gasteiger partial charge on any atom is 0.0923 e. The molecule has 0 saturated carbocycles. The van der Waals surface area contributed by atoms with Crippen molar-refractivity contribution in [3.05, 3.63) is 96.4 Å². The summed E-state index contributed by atoms with van der Waals surface area (Å²) in [6.07, 6.45) is 10.1. The van der Waals surface area contributed by atoms with Crippen LogP contribution < -0.4 is 0 Å². The zero-order valence-electron chi connectivity index (χ0n) is 13.7. The smallest absolute Gasteiger partial charge is 0.0923 e. The van der Waals surface area contributed by atoms with Crippen LogP contribution in [0.15, 0.2) is 79.5 Å². The monoisotopic (exact) mass is 305 g/mol. The summed E-state index contributed by atoms with van der Waals surface area (Å²) < 4.78 is 0. The lowest BCUT2D eigenvalue weighted by molar-refractivity contribution is 0.0566. The van der Waals surface area contributed by atoms with Gasteiger partial charge >= 0.3 is 0 Å². The average Bonchev–Trinajstić information content (AvgIpc) is 2.57. The molecule has 0 aliphatic heterocycles. The Hall–Kier alpha value is -2.45. The van der Waals surface area contributed by atoms with Crippen molar-refractivity contribution in [2.24, 2.45) is 0 Å². The van der Waals surface area contributed by atoms with Crippen molar-refractivity contribution in [2.75, 3.05) is 0 Å². The van der Waals surface area contributed by atoms with Gasteiger partial charge < -0.3 is 5.11 Å². The van der Waals surface area contributed by atoms with Crippen molar-refractivity contribution in [1.82, 2.24) is 4.98 Å². The van der Waals surface area contributed by atoms with Gasteiger partial charge in [-0.3, -0.25) is 4.98 Å². The third-order valence-corrected chi connectivity index (χ3v) is 3.77. The summed E-state index contributed by atoms with van der Waals surface area (Å²) in [4.78, 5) is 4.49. The minimum absolute atomic E-state index is 0.472. The minimum atomic E-state index is -0.933. The summed E-state index contributed by atoms with van der Waals surface area (Å²) in [6.45, 7) is 7.64. The van der Waals surface area contributed by atoms with E-state index in [2.05, 4.69) is 11.6 Å². The molecule has 2 heteroatoms. The molecule has 1 aromatic carbocycles. The summed E-state index contributed by atoms with van der Waals surface area (Å²) in [6, 6.07) is 13.7. The molecule has 0 bridgehead atoms. The van der Waals surface area contributed by atoms with Gasteiger partial charge in [0.05, 0.1) is 5.60 Å². The van der Waals surface area contributed by atoms with Crippen molar-refractivity contribution in [1.29, 1.82) is 0 Å². The van der Waals surface area contributed by atoms with Crippen LogP contribution in [0.2, 0.25) is 0 Å². The van der Waals surface area contributed by atoms with Crippen LogP contribution >= 0.6 is 0 Å². The fourth-order valence-electron chi connectivity index (χ4n) is 2.43. The molecule has 0 fully saturated rings. The Bertz CT molecular complexity index is 694. The van der Waals surface area contributed by atoms with Crippen LogP contribution in [0.25, 0.3) is 5.57 Å². The maximum atomic E-state index is 10.7. The second-order valence-electron chi connectivity index (χ2n) is 5.71. The Labute approximate surface area is 138 Å². The highest BCUT2D eigenvalue weighted by atomic mass is 16.3. The van der Waals surface area contributed by atoms with E-state index in [-0.39, 0.29) is 0 Å². The van der Waals surface area contributed by atoms with Gasteiger partial charge in [-0.05, 0) is 36.6 Å². The maximum absolute atomic E-state index is 10.7. The predicted molar refractivity (Wildman–Crippen MR) is 96.9 cm³/mol. The van der Waals surface area contributed by atoms with Gasteiger partial charge in [-0.15, -0.1) is 0 Å². The van der Waals surface area contributed by atoms with Crippen LogP contribution in [0.3, 0.4) is 0 Å². The zero-order chi connectivity index (χ0) is 16.7. The minimum Gasteiger partial charge on any atom is -0.385 e. The highest BCUT2D eigenvalue weighted by molar-refractivity contribution is 5.74. The van der Waals surface area contributed by atoms with E-state index in [0.29, 0.717) is 6.42 Å². The Morgan fingerprint density at radius 1 is 1.22 bits per heavy atom. The van der Waals surface area contributed by atoms with Crippen LogP contribution in [0.5, 0.6) is 0 Å². The third kappa shape index (κ3) is 4.51. The van der Waals surface area contributed by atoms with Crippen molar-refractivity contribution < 1.29 is 5.11 Å². The quantitative estimate of drug-likeness (QED) is 0.786. The molecule has 2 aromatic rings. The van der Waals surface area contributed by atoms with Crippen LogP contribution in [0, 0.1) is 0 Å². The molecule has 2 nitrogen and oxygen atoms in total. The number of pyridine rings is 1. The fraction of sp³-hybridized carbons (Fsp3) is 0.190. The van der Waals surface area contributed by atoms with E-state index in [1.165, 1.54) is 0 Å². The molecule has 1 N–H and O–H groups in total. The highest BCUT2D eigenvalue weighted by Crippen LogP contribution is 2.25. The van der Waals surface area contributed by atoms with Crippen molar-refractivity contribution in [3.63, 3.8) is 0 Å². The topological polar surface area (TPSA) is 33.1 Å². The van der Waals surface area contributed by atoms with Crippen molar-refractivity contribution >= 4 is 5.57 Å². The lowest BCUT2D eigenvalue weighted by atomic mass is 9.91. The lowest BCUT2D eigenvalue weighted by Crippen LogP contribution is -2.24. The first-order chi connectivity index (χ1) is 11.1. The van der Waals surface area contributed by atoms with Gasteiger partial charge in [-0.2, -0.15) is 0 Å². The normalized spacial score (nSPS) is 14.7. The summed E-state index contributed by atoms with van der Waals surface area (Å²) >= 11 is 0. The average molecular weight is 305 g/mol. The van der Waals surface area contributed by atoms with E-state index in [0.717, 1.165) is 22.4 Å². The zero-order valence-corrected chi connectivity index (χ0v) is 13.7. The van der Waals surface area contributed by atoms with E-state index in [1.54, 1.807) is 0 Å². The molecule has 0 aliphatic rings. The number of nitrogens with zero attached hydrogens (tertiary/aromatic N) is 1. The standard InChI is InChI=1S/C21H23NO/c1-4-6-10-17(5-2)18-13-14-20(22-16-18)15-21(3,23)19-11-8-7-9-12-19/h4-14,16,23H,2,15H2,1,3H3/b6-4-,17-10+. The van der Waals surface area contributed by atoms with Gasteiger partial charge in [0.2, 0.25) is 0 Å². The number of hydrogen-bond donors (Lipinski definition) is 1. The number of aromatic nitrogens is 1. The van der Waals surface area contributed by atoms with E-state index in [1.807, 2.05) is 86.8 Å². The largest absolute Gasteiger partial charge is 0.385 e. The molecular weight excluding hydrogens is 282 g/mol. The molecule has 0 amide bonds. The first-order valence-corrected chi connectivity index (χ1v) is 7.75. The number of hydrogen-bond acceptors (Lipinski definition) is 2. The number of allylic oxidation sites excluding steroid dienone is 5. The first kappa shape index (κ1) is 16.9. The van der Waals surface area contributed by atoms with E-state index in [9.17, 15) is 5.11 Å². The van der Waals surface area contributed by atoms with Gasteiger partial charge in [-0.1, -0.05) is 67.3 Å². The molecular formula is C21H23NO. The van der Waals surface area contributed by atoms with Crippen molar-refractivity contribution in [3.8, 4) is 0 Å². The van der Waals surface area contributed by atoms with Crippen LogP contribution in [-0.2, 0) is 12.0 Å². The predicted octanol–water partition coefficient (Wildman–Crippen LogP) is 4.68. The molecule has 0 spiro atoms. The number of rotatable bonds is 6. The molecule has 1 aromatic heterocycles. The molecule has 0 radical (unpaired) electrons. The van der Waals surface area contributed by atoms with Crippen LogP contribution in [0.4, 0.5) is 0 Å². The molecule has 1 unspecified atom stereocenters. The highest BCUT2D eigenvalue weighted by Gasteiger charge is 2.23. The van der Waals surface area contributed by atoms with Gasteiger partial charge in [0, 0.05) is 18.3 Å². The Balaban J connectivity index is 2.18. The summed E-state index contributed by atoms with van der Waals surface area (Å²) in [5, 5.41) is 10.7.